The van der Waals surface area contributed by atoms with Crippen LogP contribution in [0.2, 0.25) is 0 Å². The molecular formula is C19H22O6. The molecular weight excluding hydrogens is 324 g/mol. The molecule has 2 rings (SSSR count). The number of rotatable bonds is 8. The molecule has 0 radical (unpaired) electrons. The summed E-state index contributed by atoms with van der Waals surface area (Å²) in [6.07, 6.45) is 0.242. The van der Waals surface area contributed by atoms with Gasteiger partial charge in [0.1, 0.15) is 23.0 Å². The molecule has 25 heavy (non-hydrogen) atoms. The number of aliphatic carboxylic acids is 1. The lowest BCUT2D eigenvalue weighted by Crippen LogP contribution is -2.16. The van der Waals surface area contributed by atoms with Gasteiger partial charge in [0.15, 0.2) is 0 Å². The van der Waals surface area contributed by atoms with Crippen LogP contribution in [0.4, 0.5) is 0 Å². The molecule has 0 aliphatic heterocycles. The molecule has 0 saturated heterocycles. The number of methoxy groups -OCH3 is 4. The molecule has 0 heterocycles. The average molecular weight is 346 g/mol. The number of carboxylic acids is 1. The van der Waals surface area contributed by atoms with Crippen molar-refractivity contribution in [2.24, 2.45) is 0 Å². The van der Waals surface area contributed by atoms with Crippen LogP contribution in [0.3, 0.4) is 0 Å². The first-order chi connectivity index (χ1) is 12.0. The van der Waals surface area contributed by atoms with Gasteiger partial charge in [0, 0.05) is 11.6 Å². The van der Waals surface area contributed by atoms with E-state index in [0.717, 1.165) is 5.56 Å². The van der Waals surface area contributed by atoms with Crippen LogP contribution in [0.15, 0.2) is 36.4 Å². The molecule has 0 fully saturated rings. The highest BCUT2D eigenvalue weighted by Crippen LogP contribution is 2.35. The Morgan fingerprint density at radius 1 is 0.880 bits per heavy atom. The Hall–Kier alpha value is -2.89. The molecule has 2 aromatic carbocycles. The Morgan fingerprint density at radius 2 is 1.48 bits per heavy atom. The van der Waals surface area contributed by atoms with Crippen molar-refractivity contribution in [3.05, 3.63) is 47.5 Å². The maximum Gasteiger partial charge on any atom is 0.311 e. The standard InChI is InChI=1S/C19H22O6/c1-22-13-7-8-17(24-3)15(10-13)16(19(20)21)9-12-5-6-14(23-2)11-18(12)25-4/h5-8,10-11,16H,9H2,1-4H3,(H,20,21). The highest BCUT2D eigenvalue weighted by molar-refractivity contribution is 5.78. The first kappa shape index (κ1) is 18.4. The van der Waals surface area contributed by atoms with Crippen molar-refractivity contribution in [3.8, 4) is 23.0 Å². The largest absolute Gasteiger partial charge is 0.497 e. The van der Waals surface area contributed by atoms with Crippen molar-refractivity contribution in [2.75, 3.05) is 28.4 Å². The second kappa shape index (κ2) is 8.28. The fourth-order valence-electron chi connectivity index (χ4n) is 2.68. The van der Waals surface area contributed by atoms with Crippen LogP contribution in [-0.2, 0) is 11.2 Å². The van der Waals surface area contributed by atoms with E-state index in [1.54, 1.807) is 50.6 Å². The minimum atomic E-state index is -0.954. The van der Waals surface area contributed by atoms with Crippen molar-refractivity contribution >= 4 is 5.97 Å². The smallest absolute Gasteiger partial charge is 0.311 e. The Balaban J connectivity index is 2.45. The summed E-state index contributed by atoms with van der Waals surface area (Å²) < 4.78 is 21.1. The lowest BCUT2D eigenvalue weighted by molar-refractivity contribution is -0.138. The van der Waals surface area contributed by atoms with E-state index >= 15 is 0 Å². The van der Waals surface area contributed by atoms with Crippen LogP contribution in [0.25, 0.3) is 0 Å². The number of benzene rings is 2. The quantitative estimate of drug-likeness (QED) is 0.791. The fourth-order valence-corrected chi connectivity index (χ4v) is 2.68. The summed E-state index contributed by atoms with van der Waals surface area (Å²) in [5.74, 6) is 0.528. The normalized spacial score (nSPS) is 11.5. The second-order valence-electron chi connectivity index (χ2n) is 5.38. The SMILES string of the molecule is COc1ccc(CC(C(=O)O)c2cc(OC)ccc2OC)c(OC)c1. The van der Waals surface area contributed by atoms with Crippen LogP contribution in [-0.4, -0.2) is 39.5 Å². The van der Waals surface area contributed by atoms with Crippen molar-refractivity contribution in [1.29, 1.82) is 0 Å². The van der Waals surface area contributed by atoms with Crippen molar-refractivity contribution in [3.63, 3.8) is 0 Å². The third-order valence-electron chi connectivity index (χ3n) is 4.03. The van der Waals surface area contributed by atoms with Gasteiger partial charge in [-0.3, -0.25) is 4.79 Å². The molecule has 6 heteroatoms. The molecule has 1 N–H and O–H groups in total. The van der Waals surface area contributed by atoms with E-state index in [0.29, 0.717) is 28.6 Å². The van der Waals surface area contributed by atoms with Crippen molar-refractivity contribution in [1.82, 2.24) is 0 Å². The molecule has 0 aliphatic carbocycles. The van der Waals surface area contributed by atoms with Crippen LogP contribution >= 0.6 is 0 Å². The summed E-state index contributed by atoms with van der Waals surface area (Å²) in [5.41, 5.74) is 1.31. The van der Waals surface area contributed by atoms with Gasteiger partial charge in [-0.15, -0.1) is 0 Å². The highest BCUT2D eigenvalue weighted by atomic mass is 16.5. The molecule has 1 atom stereocenters. The summed E-state index contributed by atoms with van der Waals surface area (Å²) in [6, 6.07) is 10.4. The van der Waals surface area contributed by atoms with Crippen LogP contribution in [0, 0.1) is 0 Å². The molecule has 0 saturated carbocycles. The van der Waals surface area contributed by atoms with Gasteiger partial charge in [-0.05, 0) is 36.2 Å². The molecule has 1 unspecified atom stereocenters. The molecule has 2 aromatic rings. The van der Waals surface area contributed by atoms with Crippen molar-refractivity contribution in [2.45, 2.75) is 12.3 Å². The van der Waals surface area contributed by atoms with Crippen LogP contribution in [0.5, 0.6) is 23.0 Å². The monoisotopic (exact) mass is 346 g/mol. The number of hydrogen-bond acceptors (Lipinski definition) is 5. The van der Waals surface area contributed by atoms with Gasteiger partial charge >= 0.3 is 5.97 Å². The summed E-state index contributed by atoms with van der Waals surface area (Å²) in [4.78, 5) is 11.9. The molecule has 0 aliphatic rings. The zero-order valence-corrected chi connectivity index (χ0v) is 14.7. The summed E-state index contributed by atoms with van der Waals surface area (Å²) in [7, 11) is 6.15. The third-order valence-corrected chi connectivity index (χ3v) is 4.03. The summed E-state index contributed by atoms with van der Waals surface area (Å²) in [5, 5.41) is 9.77. The maximum atomic E-state index is 11.9. The van der Waals surface area contributed by atoms with E-state index < -0.39 is 11.9 Å². The lowest BCUT2D eigenvalue weighted by atomic mass is 9.90. The maximum absolute atomic E-state index is 11.9. The van der Waals surface area contributed by atoms with E-state index in [9.17, 15) is 9.90 Å². The van der Waals surface area contributed by atoms with Gasteiger partial charge in [0.2, 0.25) is 0 Å². The van der Waals surface area contributed by atoms with Crippen LogP contribution < -0.4 is 18.9 Å². The van der Waals surface area contributed by atoms with Gasteiger partial charge in [0.25, 0.3) is 0 Å². The first-order valence-corrected chi connectivity index (χ1v) is 7.69. The Labute approximate surface area is 146 Å². The highest BCUT2D eigenvalue weighted by Gasteiger charge is 2.26. The first-order valence-electron chi connectivity index (χ1n) is 7.69. The average Bonchev–Trinajstić information content (AvgIpc) is 2.65. The third kappa shape index (κ3) is 4.15. The minimum Gasteiger partial charge on any atom is -0.497 e. The molecule has 0 amide bonds. The van der Waals surface area contributed by atoms with Gasteiger partial charge in [-0.2, -0.15) is 0 Å². The zero-order valence-electron chi connectivity index (χ0n) is 14.7. The van der Waals surface area contributed by atoms with Gasteiger partial charge in [-0.1, -0.05) is 6.07 Å². The van der Waals surface area contributed by atoms with E-state index in [1.165, 1.54) is 14.2 Å². The molecule has 0 aromatic heterocycles. The number of carbonyl (C=O) groups is 1. The van der Waals surface area contributed by atoms with Crippen molar-refractivity contribution < 1.29 is 28.8 Å². The Kier molecular flexibility index (Phi) is 6.11. The number of hydrogen-bond donors (Lipinski definition) is 1. The van der Waals surface area contributed by atoms with Crippen LogP contribution in [0.1, 0.15) is 17.0 Å². The fraction of sp³-hybridized carbons (Fsp3) is 0.316. The van der Waals surface area contributed by atoms with E-state index in [-0.39, 0.29) is 6.42 Å². The van der Waals surface area contributed by atoms with E-state index in [4.69, 9.17) is 18.9 Å². The molecule has 0 bridgehead atoms. The minimum absolute atomic E-state index is 0.242. The lowest BCUT2D eigenvalue weighted by Gasteiger charge is -2.19. The Morgan fingerprint density at radius 3 is 2.04 bits per heavy atom. The van der Waals surface area contributed by atoms with E-state index in [1.807, 2.05) is 0 Å². The predicted molar refractivity (Wildman–Crippen MR) is 93.2 cm³/mol. The summed E-state index contributed by atoms with van der Waals surface area (Å²) in [6.45, 7) is 0. The van der Waals surface area contributed by atoms with Gasteiger partial charge in [0.05, 0.1) is 34.4 Å². The molecule has 6 nitrogen and oxygen atoms in total. The number of carboxylic acid groups (broad SMARTS) is 1. The Bertz CT molecular complexity index is 741. The second-order valence-corrected chi connectivity index (χ2v) is 5.38. The number of ether oxygens (including phenoxy) is 4. The zero-order chi connectivity index (χ0) is 18.4. The van der Waals surface area contributed by atoms with Gasteiger partial charge < -0.3 is 24.1 Å². The van der Waals surface area contributed by atoms with E-state index in [2.05, 4.69) is 0 Å². The summed E-state index contributed by atoms with van der Waals surface area (Å²) >= 11 is 0. The molecule has 0 spiro atoms. The predicted octanol–water partition coefficient (Wildman–Crippen LogP) is 3.13. The molecule has 134 valence electrons. The van der Waals surface area contributed by atoms with Gasteiger partial charge in [-0.25, -0.2) is 0 Å². The topological polar surface area (TPSA) is 74.2 Å².